The van der Waals surface area contributed by atoms with Gasteiger partial charge in [-0.3, -0.25) is 0 Å². The van der Waals surface area contributed by atoms with E-state index in [0.717, 1.165) is 11.3 Å². The van der Waals surface area contributed by atoms with E-state index in [1.165, 1.54) is 0 Å². The molecule has 3 heteroatoms. The molecule has 0 radical (unpaired) electrons. The third kappa shape index (κ3) is 3.89. The standard InChI is InChI=1S/C14H13NOS/c17-14(15-11-13-7-4-10-16-13)9-8-12-5-2-1-3-6-12/h1-10H,11H2,(H,15,17)/b9-8+. The highest BCUT2D eigenvalue weighted by Crippen LogP contribution is 2.02. The van der Waals surface area contributed by atoms with Gasteiger partial charge in [-0.15, -0.1) is 0 Å². The van der Waals surface area contributed by atoms with Crippen LogP contribution in [0.3, 0.4) is 0 Å². The van der Waals surface area contributed by atoms with E-state index in [9.17, 15) is 0 Å². The molecule has 0 aliphatic heterocycles. The molecular weight excluding hydrogens is 230 g/mol. The number of thiocarbonyl (C=S) groups is 1. The molecule has 0 atom stereocenters. The first-order chi connectivity index (χ1) is 8.34. The van der Waals surface area contributed by atoms with Crippen molar-refractivity contribution in [3.8, 4) is 0 Å². The Morgan fingerprint density at radius 3 is 2.71 bits per heavy atom. The normalized spacial score (nSPS) is 10.6. The van der Waals surface area contributed by atoms with E-state index < -0.39 is 0 Å². The van der Waals surface area contributed by atoms with Gasteiger partial charge in [0.05, 0.1) is 17.8 Å². The van der Waals surface area contributed by atoms with Crippen molar-refractivity contribution in [3.05, 3.63) is 66.1 Å². The van der Waals surface area contributed by atoms with Crippen LogP contribution in [0.5, 0.6) is 0 Å². The zero-order chi connectivity index (χ0) is 11.9. The van der Waals surface area contributed by atoms with Gasteiger partial charge in [0, 0.05) is 0 Å². The Labute approximate surface area is 106 Å². The van der Waals surface area contributed by atoms with Gasteiger partial charge in [-0.05, 0) is 23.8 Å². The fourth-order valence-electron chi connectivity index (χ4n) is 1.38. The van der Waals surface area contributed by atoms with Crippen LogP contribution in [-0.4, -0.2) is 4.99 Å². The summed E-state index contributed by atoms with van der Waals surface area (Å²) in [6, 6.07) is 13.8. The van der Waals surface area contributed by atoms with Crippen LogP contribution in [-0.2, 0) is 6.54 Å². The molecule has 2 nitrogen and oxygen atoms in total. The highest BCUT2D eigenvalue weighted by Gasteiger charge is 1.95. The highest BCUT2D eigenvalue weighted by molar-refractivity contribution is 7.80. The van der Waals surface area contributed by atoms with Crippen molar-refractivity contribution >= 4 is 23.3 Å². The van der Waals surface area contributed by atoms with Gasteiger partial charge in [0.1, 0.15) is 5.76 Å². The quantitative estimate of drug-likeness (QED) is 0.658. The molecule has 2 aromatic rings. The van der Waals surface area contributed by atoms with Gasteiger partial charge in [-0.1, -0.05) is 48.6 Å². The van der Waals surface area contributed by atoms with E-state index in [0.29, 0.717) is 11.5 Å². The average Bonchev–Trinajstić information content (AvgIpc) is 2.88. The molecular formula is C14H13NOS. The lowest BCUT2D eigenvalue weighted by molar-refractivity contribution is 0.504. The van der Waals surface area contributed by atoms with Gasteiger partial charge < -0.3 is 9.73 Å². The second-order valence-corrected chi connectivity index (χ2v) is 3.98. The average molecular weight is 243 g/mol. The van der Waals surface area contributed by atoms with E-state index in [4.69, 9.17) is 16.6 Å². The van der Waals surface area contributed by atoms with Crippen LogP contribution in [0.4, 0.5) is 0 Å². The molecule has 1 aromatic carbocycles. The zero-order valence-corrected chi connectivity index (χ0v) is 10.1. The van der Waals surface area contributed by atoms with Crippen LogP contribution in [0, 0.1) is 0 Å². The number of furan rings is 1. The molecule has 0 bridgehead atoms. The van der Waals surface area contributed by atoms with E-state index in [1.54, 1.807) is 6.26 Å². The Balaban J connectivity index is 1.83. The van der Waals surface area contributed by atoms with E-state index >= 15 is 0 Å². The summed E-state index contributed by atoms with van der Waals surface area (Å²) in [7, 11) is 0. The Kier molecular flexibility index (Phi) is 4.11. The third-order valence-corrected chi connectivity index (χ3v) is 2.52. The fourth-order valence-corrected chi connectivity index (χ4v) is 1.52. The summed E-state index contributed by atoms with van der Waals surface area (Å²) in [6.45, 7) is 0.616. The van der Waals surface area contributed by atoms with Crippen molar-refractivity contribution in [2.24, 2.45) is 0 Å². The Morgan fingerprint density at radius 1 is 1.18 bits per heavy atom. The molecule has 0 saturated heterocycles. The van der Waals surface area contributed by atoms with Gasteiger partial charge >= 0.3 is 0 Å². The maximum atomic E-state index is 5.20. The van der Waals surface area contributed by atoms with E-state index in [2.05, 4.69) is 5.32 Å². The molecule has 0 aliphatic carbocycles. The minimum Gasteiger partial charge on any atom is -0.467 e. The lowest BCUT2D eigenvalue weighted by atomic mass is 10.2. The number of hydrogen-bond donors (Lipinski definition) is 1. The number of benzene rings is 1. The zero-order valence-electron chi connectivity index (χ0n) is 9.30. The monoisotopic (exact) mass is 243 g/mol. The summed E-state index contributed by atoms with van der Waals surface area (Å²) >= 11 is 5.19. The summed E-state index contributed by atoms with van der Waals surface area (Å²) in [5.74, 6) is 0.875. The van der Waals surface area contributed by atoms with Gasteiger partial charge in [0.15, 0.2) is 0 Å². The molecule has 1 N–H and O–H groups in total. The van der Waals surface area contributed by atoms with Crippen LogP contribution in [0.1, 0.15) is 11.3 Å². The molecule has 2 rings (SSSR count). The van der Waals surface area contributed by atoms with Crippen LogP contribution in [0.25, 0.3) is 6.08 Å². The van der Waals surface area contributed by atoms with Gasteiger partial charge in [0.25, 0.3) is 0 Å². The van der Waals surface area contributed by atoms with Gasteiger partial charge in [-0.2, -0.15) is 0 Å². The van der Waals surface area contributed by atoms with Crippen molar-refractivity contribution in [1.82, 2.24) is 5.32 Å². The molecule has 1 aromatic heterocycles. The summed E-state index contributed by atoms with van der Waals surface area (Å²) in [5, 5.41) is 3.11. The molecule has 1 heterocycles. The van der Waals surface area contributed by atoms with Crippen LogP contribution < -0.4 is 5.32 Å². The first-order valence-electron chi connectivity index (χ1n) is 5.38. The predicted molar refractivity (Wildman–Crippen MR) is 73.6 cm³/mol. The minimum absolute atomic E-state index is 0.616. The molecule has 0 saturated carbocycles. The second kappa shape index (κ2) is 6.01. The largest absolute Gasteiger partial charge is 0.467 e. The van der Waals surface area contributed by atoms with Crippen molar-refractivity contribution in [1.29, 1.82) is 0 Å². The third-order valence-electron chi connectivity index (χ3n) is 2.24. The van der Waals surface area contributed by atoms with Gasteiger partial charge in [0.2, 0.25) is 0 Å². The maximum Gasteiger partial charge on any atom is 0.122 e. The van der Waals surface area contributed by atoms with Crippen LogP contribution in [0.15, 0.2) is 59.2 Å². The molecule has 0 fully saturated rings. The first-order valence-corrected chi connectivity index (χ1v) is 5.79. The predicted octanol–water partition coefficient (Wildman–Crippen LogP) is 3.41. The Bertz CT molecular complexity index is 488. The van der Waals surface area contributed by atoms with Crippen molar-refractivity contribution in [2.75, 3.05) is 0 Å². The summed E-state index contributed by atoms with van der Waals surface area (Å²) in [6.07, 6.45) is 5.52. The van der Waals surface area contributed by atoms with E-state index in [-0.39, 0.29) is 0 Å². The Hall–Kier alpha value is -1.87. The molecule has 0 aliphatic rings. The lowest BCUT2D eigenvalue weighted by Gasteiger charge is -2.01. The number of hydrogen-bond acceptors (Lipinski definition) is 2. The van der Waals surface area contributed by atoms with E-state index in [1.807, 2.05) is 54.6 Å². The number of rotatable bonds is 4. The highest BCUT2D eigenvalue weighted by atomic mass is 32.1. The maximum absolute atomic E-state index is 5.20. The molecule has 86 valence electrons. The molecule has 0 amide bonds. The summed E-state index contributed by atoms with van der Waals surface area (Å²) in [4.78, 5) is 0.699. The molecule has 0 unspecified atom stereocenters. The fraction of sp³-hybridized carbons (Fsp3) is 0.0714. The molecule has 0 spiro atoms. The first kappa shape index (κ1) is 11.6. The van der Waals surface area contributed by atoms with Crippen molar-refractivity contribution in [3.63, 3.8) is 0 Å². The summed E-state index contributed by atoms with van der Waals surface area (Å²) in [5.41, 5.74) is 1.13. The summed E-state index contributed by atoms with van der Waals surface area (Å²) < 4.78 is 5.20. The second-order valence-electron chi connectivity index (χ2n) is 3.54. The minimum atomic E-state index is 0.616. The van der Waals surface area contributed by atoms with Crippen molar-refractivity contribution < 1.29 is 4.42 Å². The Morgan fingerprint density at radius 2 is 2.00 bits per heavy atom. The SMILES string of the molecule is S=C(/C=C/c1ccccc1)NCc1ccco1. The van der Waals surface area contributed by atoms with Crippen LogP contribution >= 0.6 is 12.2 Å². The van der Waals surface area contributed by atoms with Crippen LogP contribution in [0.2, 0.25) is 0 Å². The lowest BCUT2D eigenvalue weighted by Crippen LogP contribution is -2.17. The molecule has 17 heavy (non-hydrogen) atoms. The number of nitrogens with one attached hydrogen (secondary N) is 1. The topological polar surface area (TPSA) is 25.2 Å². The smallest absolute Gasteiger partial charge is 0.122 e. The van der Waals surface area contributed by atoms with Crippen molar-refractivity contribution in [2.45, 2.75) is 6.54 Å². The van der Waals surface area contributed by atoms with Gasteiger partial charge in [-0.25, -0.2) is 0 Å².